The SMILES string of the molecule is N=S1(=O)CCCCNc2nc(ncc2-c2cc(F)cc(CNC(=O)Nc3cccc(C(F)(F)F)c3)c2)Nc2cccc1c2. The van der Waals surface area contributed by atoms with Gasteiger partial charge in [0.1, 0.15) is 11.6 Å². The molecular formula is C29H27F4N7O2S. The Labute approximate surface area is 245 Å². The maximum absolute atomic E-state index is 14.7. The van der Waals surface area contributed by atoms with Gasteiger partial charge in [-0.1, -0.05) is 12.1 Å². The van der Waals surface area contributed by atoms with Crippen molar-refractivity contribution < 1.29 is 26.6 Å². The van der Waals surface area contributed by atoms with Crippen molar-refractivity contribution in [3.8, 4) is 11.1 Å². The van der Waals surface area contributed by atoms with E-state index in [0.717, 1.165) is 12.1 Å². The van der Waals surface area contributed by atoms with Gasteiger partial charge in [-0.25, -0.2) is 23.2 Å². The predicted molar refractivity (Wildman–Crippen MR) is 156 cm³/mol. The van der Waals surface area contributed by atoms with Crippen LogP contribution in [-0.2, 0) is 22.5 Å². The molecule has 1 atom stereocenters. The molecule has 0 saturated heterocycles. The number of nitrogens with zero attached hydrogens (tertiary/aromatic N) is 2. The number of fused-ring (bicyclic) bond motifs is 4. The molecule has 0 spiro atoms. The number of aromatic nitrogens is 2. The average molecular weight is 614 g/mol. The fourth-order valence-electron chi connectivity index (χ4n) is 4.49. The molecule has 1 aliphatic rings. The summed E-state index contributed by atoms with van der Waals surface area (Å²) in [5, 5.41) is 11.2. The number of amides is 2. The van der Waals surface area contributed by atoms with Crippen LogP contribution in [0.5, 0.6) is 0 Å². The Morgan fingerprint density at radius 2 is 1.86 bits per heavy atom. The summed E-state index contributed by atoms with van der Waals surface area (Å²) in [7, 11) is -2.96. The van der Waals surface area contributed by atoms with E-state index < -0.39 is 33.3 Å². The summed E-state index contributed by atoms with van der Waals surface area (Å²) in [5.74, 6) is 0.291. The Balaban J connectivity index is 1.35. The number of halogens is 4. The second kappa shape index (κ2) is 12.3. The molecule has 9 nitrogen and oxygen atoms in total. The van der Waals surface area contributed by atoms with Crippen molar-refractivity contribution in [1.29, 1.82) is 4.78 Å². The first-order valence-corrected chi connectivity index (χ1v) is 15.0. The number of hydrogen-bond donors (Lipinski definition) is 5. The van der Waals surface area contributed by atoms with Gasteiger partial charge in [-0.3, -0.25) is 0 Å². The summed E-state index contributed by atoms with van der Waals surface area (Å²) >= 11 is 0. The van der Waals surface area contributed by atoms with E-state index in [4.69, 9.17) is 4.78 Å². The number of urea groups is 1. The highest BCUT2D eigenvalue weighted by Gasteiger charge is 2.30. The summed E-state index contributed by atoms with van der Waals surface area (Å²) < 4.78 is 74.9. The van der Waals surface area contributed by atoms with Crippen LogP contribution < -0.4 is 21.3 Å². The lowest BCUT2D eigenvalue weighted by atomic mass is 10.0. The van der Waals surface area contributed by atoms with Crippen LogP contribution in [0.3, 0.4) is 0 Å². The predicted octanol–water partition coefficient (Wildman–Crippen LogP) is 6.98. The van der Waals surface area contributed by atoms with Crippen LogP contribution in [0, 0.1) is 10.6 Å². The van der Waals surface area contributed by atoms with Crippen molar-refractivity contribution in [1.82, 2.24) is 15.3 Å². The van der Waals surface area contributed by atoms with Gasteiger partial charge in [-0.2, -0.15) is 18.2 Å². The lowest BCUT2D eigenvalue weighted by Gasteiger charge is -2.14. The first-order chi connectivity index (χ1) is 20.5. The van der Waals surface area contributed by atoms with Crippen LogP contribution in [0.15, 0.2) is 77.8 Å². The summed E-state index contributed by atoms with van der Waals surface area (Å²) in [4.78, 5) is 21.7. The molecule has 2 amide bonds. The minimum atomic E-state index is -4.55. The second-order valence-electron chi connectivity index (χ2n) is 9.86. The maximum atomic E-state index is 14.7. The molecule has 14 heteroatoms. The van der Waals surface area contributed by atoms with E-state index in [1.54, 1.807) is 30.3 Å². The Morgan fingerprint density at radius 3 is 2.67 bits per heavy atom. The summed E-state index contributed by atoms with van der Waals surface area (Å²) in [6.45, 7) is 0.345. The lowest BCUT2D eigenvalue weighted by Crippen LogP contribution is -2.28. The third-order valence-corrected chi connectivity index (χ3v) is 8.46. The van der Waals surface area contributed by atoms with Crippen LogP contribution in [0.1, 0.15) is 24.0 Å². The summed E-state index contributed by atoms with van der Waals surface area (Å²) in [6.07, 6.45) is -1.87. The van der Waals surface area contributed by atoms with E-state index in [1.807, 2.05) is 0 Å². The van der Waals surface area contributed by atoms with Gasteiger partial charge in [0, 0.05) is 46.9 Å². The molecule has 0 fully saturated rings. The molecule has 43 heavy (non-hydrogen) atoms. The Bertz CT molecular complexity index is 1760. The normalized spacial score (nSPS) is 16.8. The molecule has 1 aromatic heterocycles. The van der Waals surface area contributed by atoms with Gasteiger partial charge < -0.3 is 21.3 Å². The molecule has 5 N–H and O–H groups in total. The van der Waals surface area contributed by atoms with E-state index in [9.17, 15) is 26.6 Å². The van der Waals surface area contributed by atoms with Crippen LogP contribution in [0.25, 0.3) is 11.1 Å². The Morgan fingerprint density at radius 1 is 1.05 bits per heavy atom. The quantitative estimate of drug-likeness (QED) is 0.158. The zero-order valence-electron chi connectivity index (χ0n) is 22.6. The van der Waals surface area contributed by atoms with E-state index in [2.05, 4.69) is 31.2 Å². The minimum absolute atomic E-state index is 0.0408. The molecule has 5 rings (SSSR count). The number of carbonyl (C=O) groups is 1. The molecule has 1 aliphatic heterocycles. The first-order valence-electron chi connectivity index (χ1n) is 13.2. The number of anilines is 4. The van der Waals surface area contributed by atoms with Crippen LogP contribution >= 0.6 is 0 Å². The molecule has 3 aromatic carbocycles. The van der Waals surface area contributed by atoms with Crippen molar-refractivity contribution in [3.05, 3.63) is 89.9 Å². The van der Waals surface area contributed by atoms with Crippen molar-refractivity contribution in [3.63, 3.8) is 0 Å². The third-order valence-electron chi connectivity index (χ3n) is 6.58. The second-order valence-corrected chi connectivity index (χ2v) is 12.1. The molecule has 0 aliphatic carbocycles. The van der Waals surface area contributed by atoms with Crippen molar-refractivity contribution >= 4 is 38.9 Å². The van der Waals surface area contributed by atoms with Crippen molar-refractivity contribution in [2.45, 2.75) is 30.5 Å². The van der Waals surface area contributed by atoms with Gasteiger partial charge in [0.15, 0.2) is 0 Å². The molecular weight excluding hydrogens is 586 g/mol. The zero-order valence-corrected chi connectivity index (χ0v) is 23.4. The number of alkyl halides is 3. The van der Waals surface area contributed by atoms with Crippen LogP contribution in [0.2, 0.25) is 0 Å². The maximum Gasteiger partial charge on any atom is 0.416 e. The van der Waals surface area contributed by atoms with Gasteiger partial charge in [-0.05, 0) is 78.6 Å². The Kier molecular flexibility index (Phi) is 8.48. The monoisotopic (exact) mass is 613 g/mol. The summed E-state index contributed by atoms with van der Waals surface area (Å²) in [5.41, 5.74) is 0.955. The van der Waals surface area contributed by atoms with Gasteiger partial charge >= 0.3 is 12.2 Å². The third kappa shape index (κ3) is 7.57. The van der Waals surface area contributed by atoms with Crippen LogP contribution in [-0.4, -0.2) is 32.5 Å². The highest BCUT2D eigenvalue weighted by molar-refractivity contribution is 7.92. The molecule has 0 saturated carbocycles. The Hall–Kier alpha value is -4.72. The number of rotatable bonds is 4. The molecule has 1 unspecified atom stereocenters. The van der Waals surface area contributed by atoms with Gasteiger partial charge in [0.25, 0.3) is 0 Å². The summed E-state index contributed by atoms with van der Waals surface area (Å²) in [6, 6.07) is 14.4. The molecule has 224 valence electrons. The van der Waals surface area contributed by atoms with Crippen molar-refractivity contribution in [2.75, 3.05) is 28.2 Å². The lowest BCUT2D eigenvalue weighted by molar-refractivity contribution is -0.137. The van der Waals surface area contributed by atoms with Gasteiger partial charge in [0.05, 0.1) is 15.3 Å². The highest BCUT2D eigenvalue weighted by Crippen LogP contribution is 2.32. The number of nitrogens with one attached hydrogen (secondary N) is 5. The van der Waals surface area contributed by atoms with E-state index in [0.29, 0.717) is 52.5 Å². The standard InChI is InChI=1S/C29H27F4N7O2S/c30-21-12-18(16-37-28(41)39-22-6-3-5-20(14-22)29(31,32)33)11-19(13-21)25-17-36-27-38-23-7-4-8-24(15-23)43(34,42)10-2-1-9-35-26(25)40-27/h3-8,11-15,17,34H,1-2,9-10,16H2,(H2,37,39,41)(H2,35,36,38,40). The van der Waals surface area contributed by atoms with Gasteiger partial charge in [-0.15, -0.1) is 0 Å². The number of hydrogen-bond acceptors (Lipinski definition) is 7. The minimum Gasteiger partial charge on any atom is -0.369 e. The van der Waals surface area contributed by atoms with Gasteiger partial charge in [0.2, 0.25) is 5.95 Å². The first kappa shape index (κ1) is 29.8. The largest absolute Gasteiger partial charge is 0.416 e. The highest BCUT2D eigenvalue weighted by atomic mass is 32.2. The molecule has 4 bridgehead atoms. The fraction of sp³-hybridized carbons (Fsp3) is 0.207. The van der Waals surface area contributed by atoms with Crippen molar-refractivity contribution in [2.24, 2.45) is 0 Å². The van der Waals surface area contributed by atoms with E-state index >= 15 is 0 Å². The topological polar surface area (TPSA) is 132 Å². The number of benzene rings is 3. The average Bonchev–Trinajstić information content (AvgIpc) is 2.95. The smallest absolute Gasteiger partial charge is 0.369 e. The van der Waals surface area contributed by atoms with E-state index in [-0.39, 0.29) is 23.9 Å². The zero-order chi connectivity index (χ0) is 30.6. The fourth-order valence-corrected chi connectivity index (χ4v) is 5.95. The van der Waals surface area contributed by atoms with Crippen LogP contribution in [0.4, 0.5) is 45.5 Å². The molecule has 2 heterocycles. The van der Waals surface area contributed by atoms with E-state index in [1.165, 1.54) is 30.5 Å². The molecule has 0 radical (unpaired) electrons. The molecule has 4 aromatic rings. The number of carbonyl (C=O) groups excluding carboxylic acids is 1.